The van der Waals surface area contributed by atoms with E-state index in [-0.39, 0.29) is 40.8 Å². The number of nitrogens with two attached hydrogens (primary N) is 1. The van der Waals surface area contributed by atoms with Gasteiger partial charge in [0.1, 0.15) is 22.8 Å². The van der Waals surface area contributed by atoms with E-state index in [0.29, 0.717) is 0 Å². The Kier molecular flexibility index (Phi) is 6.74. The Morgan fingerprint density at radius 1 is 1.18 bits per heavy atom. The van der Waals surface area contributed by atoms with E-state index in [0.717, 1.165) is 0 Å². The average Bonchev–Trinajstić information content (AvgIpc) is 2.90. The topological polar surface area (TPSA) is 213 Å². The summed E-state index contributed by atoms with van der Waals surface area (Å²) in [5, 5.41) is 62.2. The predicted molar refractivity (Wildman–Crippen MR) is 134 cm³/mol. The number of phenols is 2. The summed E-state index contributed by atoms with van der Waals surface area (Å²) in [6.07, 6.45) is -4.68. The Morgan fingerprint density at radius 3 is 2.51 bits per heavy atom. The van der Waals surface area contributed by atoms with Crippen molar-refractivity contribution in [3.05, 3.63) is 51.6 Å². The first-order chi connectivity index (χ1) is 18.4. The molecule has 2 aliphatic carbocycles. The fourth-order valence-electron chi connectivity index (χ4n) is 5.77. The highest BCUT2D eigenvalue weighted by molar-refractivity contribution is 6.31. The first-order valence-corrected chi connectivity index (χ1v) is 12.5. The van der Waals surface area contributed by atoms with Crippen molar-refractivity contribution in [2.24, 2.45) is 5.73 Å². The first-order valence-electron chi connectivity index (χ1n) is 12.5. The maximum atomic E-state index is 13.7. The summed E-state index contributed by atoms with van der Waals surface area (Å²) in [4.78, 5) is 27.2. The molecule has 2 aromatic rings. The second kappa shape index (κ2) is 9.66. The molecule has 0 aromatic heterocycles. The van der Waals surface area contributed by atoms with Crippen LogP contribution in [-0.2, 0) is 15.9 Å². The minimum Gasteiger partial charge on any atom is -0.507 e. The summed E-state index contributed by atoms with van der Waals surface area (Å²) < 4.78 is 17.1. The van der Waals surface area contributed by atoms with Crippen molar-refractivity contribution in [2.45, 2.75) is 62.4 Å². The van der Waals surface area contributed by atoms with E-state index < -0.39 is 89.2 Å². The third-order valence-corrected chi connectivity index (χ3v) is 7.86. The summed E-state index contributed by atoms with van der Waals surface area (Å²) in [7, 11) is 1.33. The van der Waals surface area contributed by atoms with Crippen LogP contribution in [0.2, 0.25) is 0 Å². The maximum absolute atomic E-state index is 13.7. The molecule has 0 spiro atoms. The molecule has 1 unspecified atom stereocenters. The highest BCUT2D eigenvalue weighted by Crippen LogP contribution is 2.52. The summed E-state index contributed by atoms with van der Waals surface area (Å²) in [6.45, 7) is 0.802. The number of carbonyl (C=O) groups excluding carboxylic acids is 2. The lowest BCUT2D eigenvalue weighted by Gasteiger charge is -2.42. The third kappa shape index (κ3) is 4.11. The van der Waals surface area contributed by atoms with Gasteiger partial charge < -0.3 is 50.9 Å². The lowest BCUT2D eigenvalue weighted by Crippen LogP contribution is -2.53. The Morgan fingerprint density at radius 2 is 1.87 bits per heavy atom. The van der Waals surface area contributed by atoms with Gasteiger partial charge in [-0.2, -0.15) is 0 Å². The molecule has 0 bridgehead atoms. The molecule has 0 radical (unpaired) electrons. The highest BCUT2D eigenvalue weighted by atomic mass is 16.7. The molecule has 12 nitrogen and oxygen atoms in total. The van der Waals surface area contributed by atoms with Crippen LogP contribution in [0.15, 0.2) is 18.2 Å². The van der Waals surface area contributed by atoms with Crippen LogP contribution < -0.4 is 10.5 Å². The van der Waals surface area contributed by atoms with E-state index in [4.69, 9.17) is 25.4 Å². The zero-order chi connectivity index (χ0) is 28.4. The molecular formula is C27H30N2O10. The number of aliphatic hydroxyl groups excluding tert-OH is 2. The van der Waals surface area contributed by atoms with Gasteiger partial charge in [-0.15, -0.1) is 0 Å². The SMILES string of the molecule is COc1cccc2c1C(=O)c1c(O)c3c(c(O)c1C2=O)C[C@](O)(C(=N)CO)C[C@H]3OC1C[C@@H](N)[C@@H](O)[C@@H](C)O1. The van der Waals surface area contributed by atoms with Crippen LogP contribution >= 0.6 is 0 Å². The molecule has 0 saturated carbocycles. The minimum absolute atomic E-state index is 0.0272. The normalized spacial score (nSPS) is 29.8. The molecule has 8 N–H and O–H groups in total. The fourth-order valence-corrected chi connectivity index (χ4v) is 5.77. The molecule has 1 saturated heterocycles. The number of hydrogen-bond acceptors (Lipinski definition) is 12. The Hall–Kier alpha value is -3.39. The van der Waals surface area contributed by atoms with Gasteiger partial charge in [0, 0.05) is 42.0 Å². The third-order valence-electron chi connectivity index (χ3n) is 7.86. The maximum Gasteiger partial charge on any atom is 0.202 e. The van der Waals surface area contributed by atoms with Gasteiger partial charge in [0.15, 0.2) is 12.1 Å². The molecule has 1 aliphatic heterocycles. The number of nitrogens with one attached hydrogen (secondary N) is 1. The molecule has 208 valence electrons. The van der Waals surface area contributed by atoms with Gasteiger partial charge >= 0.3 is 0 Å². The zero-order valence-corrected chi connectivity index (χ0v) is 21.3. The first kappa shape index (κ1) is 27.2. The number of aliphatic hydroxyl groups is 3. The average molecular weight is 543 g/mol. The van der Waals surface area contributed by atoms with Crippen LogP contribution in [0, 0.1) is 5.41 Å². The number of hydrogen-bond donors (Lipinski definition) is 7. The number of ketones is 2. The number of fused-ring (bicyclic) bond motifs is 3. The number of methoxy groups -OCH3 is 1. The number of aromatic hydroxyl groups is 2. The molecule has 12 heteroatoms. The number of rotatable bonds is 5. The molecule has 1 heterocycles. The van der Waals surface area contributed by atoms with E-state index in [1.54, 1.807) is 6.92 Å². The Balaban J connectivity index is 1.69. The molecule has 5 rings (SSSR count). The monoisotopic (exact) mass is 542 g/mol. The van der Waals surface area contributed by atoms with E-state index in [1.165, 1.54) is 25.3 Å². The number of ether oxygens (including phenoxy) is 3. The summed E-state index contributed by atoms with van der Waals surface area (Å²) in [6, 6.07) is 3.71. The summed E-state index contributed by atoms with van der Waals surface area (Å²) in [5.41, 5.74) is 2.40. The van der Waals surface area contributed by atoms with Gasteiger partial charge in [0.25, 0.3) is 0 Å². The predicted octanol–water partition coefficient (Wildman–Crippen LogP) is 0.452. The molecule has 3 aliphatic rings. The summed E-state index contributed by atoms with van der Waals surface area (Å²) >= 11 is 0. The quantitative estimate of drug-likeness (QED) is 0.174. The van der Waals surface area contributed by atoms with Crippen molar-refractivity contribution in [3.63, 3.8) is 0 Å². The van der Waals surface area contributed by atoms with Crippen molar-refractivity contribution in [2.75, 3.05) is 13.7 Å². The standard InChI is InChI=1S/C27H30N2O10/c1-10-22(31)13(28)6-17(38-10)39-15-8-27(36,16(29)9-30)7-12-19(15)26(35)21-20(24(12)33)23(32)11-4-3-5-14(37-2)18(11)25(21)34/h3-5,10,13,15,17,22,29-31,33,35-36H,6-9,28H2,1-2H3/t10-,13-,15-,17?,22+,27-/m1/s1. The molecule has 39 heavy (non-hydrogen) atoms. The number of benzene rings is 2. The van der Waals surface area contributed by atoms with Crippen molar-refractivity contribution in [1.29, 1.82) is 5.41 Å². The highest BCUT2D eigenvalue weighted by Gasteiger charge is 2.49. The van der Waals surface area contributed by atoms with Gasteiger partial charge in [0.2, 0.25) is 5.78 Å². The van der Waals surface area contributed by atoms with Crippen LogP contribution in [0.4, 0.5) is 0 Å². The Bertz CT molecular complexity index is 1380. The zero-order valence-electron chi connectivity index (χ0n) is 21.3. The van der Waals surface area contributed by atoms with E-state index in [9.17, 15) is 35.1 Å². The summed E-state index contributed by atoms with van der Waals surface area (Å²) in [5.74, 6) is -2.63. The fraction of sp³-hybridized carbons (Fsp3) is 0.444. The van der Waals surface area contributed by atoms with Crippen molar-refractivity contribution in [3.8, 4) is 17.2 Å². The van der Waals surface area contributed by atoms with Gasteiger partial charge in [-0.25, -0.2) is 0 Å². The van der Waals surface area contributed by atoms with Gasteiger partial charge in [-0.1, -0.05) is 12.1 Å². The molecule has 0 amide bonds. The van der Waals surface area contributed by atoms with Crippen LogP contribution in [0.3, 0.4) is 0 Å². The van der Waals surface area contributed by atoms with E-state index in [2.05, 4.69) is 0 Å². The minimum atomic E-state index is -2.02. The second-order valence-electron chi connectivity index (χ2n) is 10.2. The molecule has 6 atom stereocenters. The van der Waals surface area contributed by atoms with Crippen LogP contribution in [0.25, 0.3) is 0 Å². The Labute approximate surface area is 223 Å². The lowest BCUT2D eigenvalue weighted by atomic mass is 9.71. The van der Waals surface area contributed by atoms with Crippen molar-refractivity contribution in [1.82, 2.24) is 0 Å². The number of phenolic OH excluding ortho intramolecular Hbond substituents is 2. The lowest BCUT2D eigenvalue weighted by molar-refractivity contribution is -0.245. The van der Waals surface area contributed by atoms with Crippen molar-refractivity contribution < 1.29 is 49.3 Å². The largest absolute Gasteiger partial charge is 0.507 e. The van der Waals surface area contributed by atoms with Crippen LogP contribution in [0.5, 0.6) is 17.2 Å². The van der Waals surface area contributed by atoms with Gasteiger partial charge in [-0.3, -0.25) is 9.59 Å². The number of carbonyl (C=O) groups is 2. The van der Waals surface area contributed by atoms with E-state index >= 15 is 0 Å². The van der Waals surface area contributed by atoms with E-state index in [1.807, 2.05) is 0 Å². The molecule has 1 fully saturated rings. The van der Waals surface area contributed by atoms with Gasteiger partial charge in [0.05, 0.1) is 54.4 Å². The molecular weight excluding hydrogens is 512 g/mol. The van der Waals surface area contributed by atoms with Crippen molar-refractivity contribution >= 4 is 17.3 Å². The molecule has 2 aromatic carbocycles. The van der Waals surface area contributed by atoms with Gasteiger partial charge in [-0.05, 0) is 13.0 Å². The smallest absolute Gasteiger partial charge is 0.202 e. The van der Waals surface area contributed by atoms with Crippen LogP contribution in [-0.4, -0.2) is 86.7 Å². The second-order valence-corrected chi connectivity index (χ2v) is 10.2. The van der Waals surface area contributed by atoms with Crippen LogP contribution in [0.1, 0.15) is 68.8 Å².